The topological polar surface area (TPSA) is 50.2 Å². The van der Waals surface area contributed by atoms with Gasteiger partial charge in [-0.05, 0) is 80.4 Å². The number of benzene rings is 1. The zero-order valence-corrected chi connectivity index (χ0v) is 20.5. The Morgan fingerprint density at radius 2 is 1.77 bits per heavy atom. The minimum atomic E-state index is 0.130. The van der Waals surface area contributed by atoms with Crippen molar-refractivity contribution in [1.29, 1.82) is 0 Å². The molecule has 1 saturated heterocycles. The molecule has 6 rings (SSSR count). The van der Waals surface area contributed by atoms with E-state index in [1.807, 2.05) is 18.5 Å². The SMILES string of the molecule is O=C(NCC1(c2ccccc2)CCCC1)C1CC12CCN(Cc1cccn1-c1cccnc1)CC2. The number of pyridine rings is 1. The summed E-state index contributed by atoms with van der Waals surface area (Å²) in [4.78, 5) is 20.0. The third-order valence-electron chi connectivity index (χ3n) is 9.05. The molecule has 3 heterocycles. The maximum absolute atomic E-state index is 13.2. The first-order valence-corrected chi connectivity index (χ1v) is 13.3. The fraction of sp³-hybridized carbons (Fsp3) is 0.467. The van der Waals surface area contributed by atoms with Crippen molar-refractivity contribution >= 4 is 5.91 Å². The molecule has 1 N–H and O–H groups in total. The van der Waals surface area contributed by atoms with Crippen molar-refractivity contribution in [3.8, 4) is 5.69 Å². The summed E-state index contributed by atoms with van der Waals surface area (Å²) in [5, 5.41) is 3.41. The normalized spacial score (nSPS) is 22.8. The van der Waals surface area contributed by atoms with Crippen molar-refractivity contribution in [2.45, 2.75) is 56.9 Å². The molecular formula is C30H36N4O. The highest BCUT2D eigenvalue weighted by Gasteiger charge is 2.58. The van der Waals surface area contributed by atoms with Crippen molar-refractivity contribution < 1.29 is 4.79 Å². The summed E-state index contributed by atoms with van der Waals surface area (Å²) in [7, 11) is 0. The average molecular weight is 469 g/mol. The second kappa shape index (κ2) is 9.27. The van der Waals surface area contributed by atoms with Crippen molar-refractivity contribution in [2.75, 3.05) is 19.6 Å². The highest BCUT2D eigenvalue weighted by atomic mass is 16.2. The second-order valence-corrected chi connectivity index (χ2v) is 11.0. The Kier molecular flexibility index (Phi) is 5.97. The Bertz CT molecular complexity index is 1140. The fourth-order valence-electron chi connectivity index (χ4n) is 6.74. The van der Waals surface area contributed by atoms with Gasteiger partial charge in [-0.2, -0.15) is 0 Å². The predicted octanol–water partition coefficient (Wildman–Crippen LogP) is 5.10. The first-order valence-electron chi connectivity index (χ1n) is 13.3. The van der Waals surface area contributed by atoms with E-state index < -0.39 is 0 Å². The number of aromatic nitrogens is 2. The van der Waals surface area contributed by atoms with Crippen molar-refractivity contribution in [1.82, 2.24) is 19.8 Å². The van der Waals surface area contributed by atoms with Crippen LogP contribution in [0.5, 0.6) is 0 Å². The van der Waals surface area contributed by atoms with Crippen molar-refractivity contribution in [3.05, 3.63) is 84.4 Å². The highest BCUT2D eigenvalue weighted by molar-refractivity contribution is 5.82. The van der Waals surface area contributed by atoms with Gasteiger partial charge in [0.25, 0.3) is 0 Å². The van der Waals surface area contributed by atoms with Crippen LogP contribution in [0.3, 0.4) is 0 Å². The van der Waals surface area contributed by atoms with Crippen LogP contribution in [0.4, 0.5) is 0 Å². The molecule has 0 radical (unpaired) electrons. The highest BCUT2D eigenvalue weighted by Crippen LogP contribution is 2.59. The quantitative estimate of drug-likeness (QED) is 0.525. The molecule has 1 atom stereocenters. The number of hydrogen-bond acceptors (Lipinski definition) is 3. The standard InChI is InChI=1S/C30H36N4O/c35-28(32-23-30(12-4-5-13-30)24-8-2-1-3-9-24)27-20-29(27)14-18-33(19-15-29)22-26-11-7-17-34(26)25-10-6-16-31-21-25/h1-3,6-11,16-17,21,27H,4-5,12-15,18-20,22-23H2,(H,32,35). The van der Waals surface area contributed by atoms with E-state index in [1.54, 1.807) is 0 Å². The molecule has 182 valence electrons. The Balaban J connectivity index is 1.03. The zero-order valence-electron chi connectivity index (χ0n) is 20.5. The Hall–Kier alpha value is -2.92. The Morgan fingerprint density at radius 3 is 2.51 bits per heavy atom. The van der Waals surface area contributed by atoms with Crippen LogP contribution in [0.1, 0.15) is 56.2 Å². The van der Waals surface area contributed by atoms with Gasteiger partial charge in [0.2, 0.25) is 5.91 Å². The molecule has 2 aromatic heterocycles. The summed E-state index contributed by atoms with van der Waals surface area (Å²) in [5.41, 5.74) is 4.16. The summed E-state index contributed by atoms with van der Waals surface area (Å²) in [5.74, 6) is 0.504. The Labute approximate surface area is 208 Å². The van der Waals surface area contributed by atoms with Gasteiger partial charge in [0.05, 0.1) is 11.9 Å². The number of carbonyl (C=O) groups excluding carboxylic acids is 1. The van der Waals surface area contributed by atoms with Crippen LogP contribution in [0.15, 0.2) is 73.2 Å². The molecule has 1 amide bonds. The minimum absolute atomic E-state index is 0.130. The molecular weight excluding hydrogens is 432 g/mol. The van der Waals surface area contributed by atoms with Crippen LogP contribution >= 0.6 is 0 Å². The lowest BCUT2D eigenvalue weighted by Gasteiger charge is -2.33. The van der Waals surface area contributed by atoms with E-state index in [0.29, 0.717) is 5.91 Å². The number of piperidine rings is 1. The van der Waals surface area contributed by atoms with Crippen LogP contribution in [-0.2, 0) is 16.8 Å². The van der Waals surface area contributed by atoms with Crippen LogP contribution in [0.25, 0.3) is 5.69 Å². The lowest BCUT2D eigenvalue weighted by atomic mass is 9.78. The fourth-order valence-corrected chi connectivity index (χ4v) is 6.74. The molecule has 1 unspecified atom stereocenters. The predicted molar refractivity (Wildman–Crippen MR) is 138 cm³/mol. The molecule has 35 heavy (non-hydrogen) atoms. The summed E-state index contributed by atoms with van der Waals surface area (Å²) in [6, 6.07) is 19.2. The molecule has 5 heteroatoms. The first-order chi connectivity index (χ1) is 17.2. The lowest BCUT2D eigenvalue weighted by Crippen LogP contribution is -2.41. The molecule has 3 aromatic rings. The third-order valence-corrected chi connectivity index (χ3v) is 9.05. The number of hydrogen-bond donors (Lipinski definition) is 1. The van der Waals surface area contributed by atoms with Crippen LogP contribution in [0.2, 0.25) is 0 Å². The van der Waals surface area contributed by atoms with Gasteiger partial charge in [0.15, 0.2) is 0 Å². The maximum Gasteiger partial charge on any atom is 0.223 e. The van der Waals surface area contributed by atoms with Gasteiger partial charge < -0.3 is 9.88 Å². The number of rotatable bonds is 7. The number of likely N-dealkylation sites (tertiary alicyclic amines) is 1. The van der Waals surface area contributed by atoms with E-state index in [-0.39, 0.29) is 16.7 Å². The second-order valence-electron chi connectivity index (χ2n) is 11.0. The number of amides is 1. The molecule has 3 fully saturated rings. The molecule has 3 aliphatic rings. The van der Waals surface area contributed by atoms with Gasteiger partial charge >= 0.3 is 0 Å². The van der Waals surface area contributed by atoms with Crippen LogP contribution < -0.4 is 5.32 Å². The van der Waals surface area contributed by atoms with Crippen molar-refractivity contribution in [2.24, 2.45) is 11.3 Å². The van der Waals surface area contributed by atoms with Gasteiger partial charge in [-0.25, -0.2) is 0 Å². The van der Waals surface area contributed by atoms with Crippen molar-refractivity contribution in [3.63, 3.8) is 0 Å². The van der Waals surface area contributed by atoms with E-state index in [0.717, 1.165) is 51.1 Å². The third kappa shape index (κ3) is 4.42. The largest absolute Gasteiger partial charge is 0.355 e. The lowest BCUT2D eigenvalue weighted by molar-refractivity contribution is -0.123. The number of nitrogens with zero attached hydrogens (tertiary/aromatic N) is 3. The van der Waals surface area contributed by atoms with E-state index >= 15 is 0 Å². The summed E-state index contributed by atoms with van der Waals surface area (Å²) in [6.07, 6.45) is 14.1. The molecule has 0 bridgehead atoms. The molecule has 5 nitrogen and oxygen atoms in total. The summed E-state index contributed by atoms with van der Waals surface area (Å²) < 4.78 is 2.23. The summed E-state index contributed by atoms with van der Waals surface area (Å²) in [6.45, 7) is 3.86. The molecule has 2 saturated carbocycles. The molecule has 1 spiro atoms. The maximum atomic E-state index is 13.2. The van der Waals surface area contributed by atoms with Crippen LogP contribution in [0, 0.1) is 11.3 Å². The minimum Gasteiger partial charge on any atom is -0.355 e. The van der Waals surface area contributed by atoms with Gasteiger partial charge in [0, 0.05) is 42.5 Å². The van der Waals surface area contributed by atoms with Gasteiger partial charge in [-0.15, -0.1) is 0 Å². The molecule has 2 aliphatic carbocycles. The van der Waals surface area contributed by atoms with E-state index in [2.05, 4.69) is 74.5 Å². The Morgan fingerprint density at radius 1 is 0.971 bits per heavy atom. The monoisotopic (exact) mass is 468 g/mol. The van der Waals surface area contributed by atoms with Gasteiger partial charge in [0.1, 0.15) is 0 Å². The average Bonchev–Trinajstić information content (AvgIpc) is 3.23. The van der Waals surface area contributed by atoms with E-state index in [9.17, 15) is 4.79 Å². The smallest absolute Gasteiger partial charge is 0.223 e. The molecule has 1 aromatic carbocycles. The zero-order chi connectivity index (χ0) is 23.7. The van der Waals surface area contributed by atoms with Crippen LogP contribution in [-0.4, -0.2) is 40.0 Å². The number of carbonyl (C=O) groups is 1. The van der Waals surface area contributed by atoms with Gasteiger partial charge in [-0.3, -0.25) is 14.7 Å². The number of nitrogens with one attached hydrogen (secondary N) is 1. The van der Waals surface area contributed by atoms with E-state index in [4.69, 9.17) is 0 Å². The molecule has 1 aliphatic heterocycles. The summed E-state index contributed by atoms with van der Waals surface area (Å²) >= 11 is 0. The first kappa shape index (κ1) is 22.5. The van der Waals surface area contributed by atoms with Gasteiger partial charge in [-0.1, -0.05) is 43.2 Å². The van der Waals surface area contributed by atoms with E-state index in [1.165, 1.54) is 36.9 Å².